The van der Waals surface area contributed by atoms with Gasteiger partial charge in [-0.1, -0.05) is 30.7 Å². The molecule has 1 aromatic heterocycles. The van der Waals surface area contributed by atoms with Crippen LogP contribution in [0.1, 0.15) is 18.9 Å². The first-order valence-electron chi connectivity index (χ1n) is 9.53. The van der Waals surface area contributed by atoms with Crippen molar-refractivity contribution >= 4 is 44.0 Å². The van der Waals surface area contributed by atoms with E-state index in [1.54, 1.807) is 25.1 Å². The third-order valence-corrected chi connectivity index (χ3v) is 6.85. The zero-order valence-corrected chi connectivity index (χ0v) is 18.4. The maximum atomic E-state index is 13.3. The van der Waals surface area contributed by atoms with E-state index in [9.17, 15) is 26.4 Å². The summed E-state index contributed by atoms with van der Waals surface area (Å²) in [5.41, 5.74) is -1.24. The fourth-order valence-corrected chi connectivity index (χ4v) is 5.01. The number of anilines is 1. The predicted octanol–water partition coefficient (Wildman–Crippen LogP) is 4.95. The van der Waals surface area contributed by atoms with Gasteiger partial charge in [0.1, 0.15) is 0 Å². The average molecular weight is 486 g/mol. The van der Waals surface area contributed by atoms with E-state index in [0.29, 0.717) is 23.3 Å². The van der Waals surface area contributed by atoms with Gasteiger partial charge < -0.3 is 5.32 Å². The molecule has 11 heteroatoms. The topological polar surface area (TPSA) is 79.4 Å². The first-order valence-corrected chi connectivity index (χ1v) is 11.4. The van der Waals surface area contributed by atoms with Gasteiger partial charge in [0.25, 0.3) is 0 Å². The van der Waals surface area contributed by atoms with Crippen molar-refractivity contribution in [1.82, 2.24) is 9.29 Å². The highest BCUT2D eigenvalue weighted by atomic mass is 35.5. The van der Waals surface area contributed by atoms with Crippen molar-refractivity contribution in [3.8, 4) is 0 Å². The molecule has 1 N–H and O–H groups in total. The van der Waals surface area contributed by atoms with E-state index in [2.05, 4.69) is 10.3 Å². The Morgan fingerprint density at radius 3 is 2.62 bits per heavy atom. The van der Waals surface area contributed by atoms with Gasteiger partial charge in [0.2, 0.25) is 15.9 Å². The van der Waals surface area contributed by atoms with Crippen LogP contribution in [-0.4, -0.2) is 36.7 Å². The second kappa shape index (κ2) is 9.43. The maximum absolute atomic E-state index is 13.3. The highest BCUT2D eigenvalue weighted by Gasteiger charge is 2.32. The zero-order chi connectivity index (χ0) is 23.5. The van der Waals surface area contributed by atoms with Crippen molar-refractivity contribution in [1.29, 1.82) is 0 Å². The van der Waals surface area contributed by atoms with Crippen LogP contribution in [0.5, 0.6) is 0 Å². The molecule has 1 amide bonds. The summed E-state index contributed by atoms with van der Waals surface area (Å²) in [5.74, 6) is -0.815. The molecule has 0 aliphatic carbocycles. The molecule has 0 bridgehead atoms. The molecule has 0 saturated heterocycles. The summed E-state index contributed by atoms with van der Waals surface area (Å²) >= 11 is 5.92. The molecule has 2 aromatic carbocycles. The van der Waals surface area contributed by atoms with Crippen molar-refractivity contribution in [2.24, 2.45) is 0 Å². The van der Waals surface area contributed by atoms with E-state index in [1.165, 1.54) is 18.5 Å². The number of nitrogens with one attached hydrogen (secondary N) is 1. The van der Waals surface area contributed by atoms with E-state index in [-0.39, 0.29) is 22.2 Å². The number of carbonyl (C=O) groups is 1. The molecule has 3 aromatic rings. The Hall–Kier alpha value is -2.69. The number of nitrogens with zero attached hydrogens (tertiary/aromatic N) is 2. The van der Waals surface area contributed by atoms with Crippen LogP contribution >= 0.6 is 11.6 Å². The molecule has 0 aliphatic heterocycles. The molecule has 170 valence electrons. The van der Waals surface area contributed by atoms with Gasteiger partial charge in [-0.2, -0.15) is 17.5 Å². The number of rotatable bonds is 7. The molecule has 0 radical (unpaired) electrons. The van der Waals surface area contributed by atoms with E-state index >= 15 is 0 Å². The fraction of sp³-hybridized carbons (Fsp3) is 0.238. The lowest BCUT2D eigenvalue weighted by Crippen LogP contribution is -2.38. The van der Waals surface area contributed by atoms with Crippen LogP contribution in [0.4, 0.5) is 18.9 Å². The van der Waals surface area contributed by atoms with Crippen LogP contribution < -0.4 is 5.32 Å². The van der Waals surface area contributed by atoms with Gasteiger partial charge in [0.15, 0.2) is 0 Å². The number of halogens is 4. The number of carbonyl (C=O) groups excluding carboxylic acids is 1. The van der Waals surface area contributed by atoms with Gasteiger partial charge >= 0.3 is 6.18 Å². The quantitative estimate of drug-likeness (QED) is 0.513. The highest BCUT2D eigenvalue weighted by molar-refractivity contribution is 7.89. The van der Waals surface area contributed by atoms with Gasteiger partial charge in [-0.15, -0.1) is 0 Å². The Morgan fingerprint density at radius 1 is 1.19 bits per heavy atom. The summed E-state index contributed by atoms with van der Waals surface area (Å²) in [7, 11) is -4.09. The number of amides is 1. The SMILES string of the molecule is CCCN(CC(=O)Nc1cc(C(F)(F)F)ccc1Cl)S(=O)(=O)c1cccc2cnccc12. The lowest BCUT2D eigenvalue weighted by Gasteiger charge is -2.22. The first kappa shape index (κ1) is 24.0. The Labute approximate surface area is 188 Å². The standard InChI is InChI=1S/C21H19ClF3N3O3S/c1-2-10-28(32(30,31)19-5-3-4-14-12-26-9-8-16(14)19)13-20(29)27-18-11-15(21(23,24)25)6-7-17(18)22/h3-9,11-12H,2,10,13H2,1H3,(H,27,29). The second-order valence-corrected chi connectivity index (χ2v) is 9.25. The van der Waals surface area contributed by atoms with Gasteiger partial charge in [0.05, 0.1) is 27.7 Å². The van der Waals surface area contributed by atoms with Gasteiger partial charge in [0, 0.05) is 29.7 Å². The van der Waals surface area contributed by atoms with Gasteiger partial charge in [-0.3, -0.25) is 9.78 Å². The Kier molecular flexibility index (Phi) is 7.06. The molecule has 3 rings (SSSR count). The minimum atomic E-state index is -4.62. The summed E-state index contributed by atoms with van der Waals surface area (Å²) in [6, 6.07) is 8.80. The first-order chi connectivity index (χ1) is 15.0. The molecule has 0 atom stereocenters. The van der Waals surface area contributed by atoms with Crippen molar-refractivity contribution in [3.63, 3.8) is 0 Å². The third-order valence-electron chi connectivity index (χ3n) is 4.62. The number of pyridine rings is 1. The molecule has 0 unspecified atom stereocenters. The van der Waals surface area contributed by atoms with Crippen LogP contribution in [0, 0.1) is 0 Å². The van der Waals surface area contributed by atoms with Crippen LogP contribution in [0.15, 0.2) is 59.8 Å². The van der Waals surface area contributed by atoms with Crippen LogP contribution in [0.2, 0.25) is 5.02 Å². The molecule has 1 heterocycles. The smallest absolute Gasteiger partial charge is 0.324 e. The number of fused-ring (bicyclic) bond motifs is 1. The van der Waals surface area contributed by atoms with Crippen molar-refractivity contribution < 1.29 is 26.4 Å². The highest BCUT2D eigenvalue weighted by Crippen LogP contribution is 2.34. The minimum Gasteiger partial charge on any atom is -0.324 e. The number of aromatic nitrogens is 1. The molecular formula is C21H19ClF3N3O3S. The monoisotopic (exact) mass is 485 g/mol. The summed E-state index contributed by atoms with van der Waals surface area (Å²) in [5, 5.41) is 3.25. The summed E-state index contributed by atoms with van der Waals surface area (Å²) < 4.78 is 66.6. The minimum absolute atomic E-state index is 0.00995. The third kappa shape index (κ3) is 5.20. The zero-order valence-electron chi connectivity index (χ0n) is 16.9. The number of hydrogen-bond acceptors (Lipinski definition) is 4. The van der Waals surface area contributed by atoms with Crippen molar-refractivity contribution in [2.75, 3.05) is 18.4 Å². The predicted molar refractivity (Wildman–Crippen MR) is 116 cm³/mol. The van der Waals surface area contributed by atoms with E-state index in [1.807, 2.05) is 0 Å². The Balaban J connectivity index is 1.89. The van der Waals surface area contributed by atoms with Crippen LogP contribution in [0.3, 0.4) is 0 Å². The molecule has 6 nitrogen and oxygen atoms in total. The van der Waals surface area contributed by atoms with Crippen molar-refractivity contribution in [2.45, 2.75) is 24.4 Å². The molecular weight excluding hydrogens is 467 g/mol. The van der Waals surface area contributed by atoms with E-state index < -0.39 is 34.2 Å². The fourth-order valence-electron chi connectivity index (χ4n) is 3.14. The molecule has 0 aliphatic rings. The van der Waals surface area contributed by atoms with Crippen LogP contribution in [0.25, 0.3) is 10.8 Å². The lowest BCUT2D eigenvalue weighted by atomic mass is 10.2. The number of benzene rings is 2. The van der Waals surface area contributed by atoms with Crippen molar-refractivity contribution in [3.05, 3.63) is 65.4 Å². The largest absolute Gasteiger partial charge is 0.416 e. The normalized spacial score (nSPS) is 12.3. The Morgan fingerprint density at radius 2 is 1.94 bits per heavy atom. The summed E-state index contributed by atoms with van der Waals surface area (Å²) in [6.45, 7) is 1.19. The summed E-state index contributed by atoms with van der Waals surface area (Å²) in [6.07, 6.45) is -1.21. The van der Waals surface area contributed by atoms with E-state index in [0.717, 1.165) is 16.4 Å². The molecule has 0 fully saturated rings. The molecule has 32 heavy (non-hydrogen) atoms. The number of hydrogen-bond donors (Lipinski definition) is 1. The summed E-state index contributed by atoms with van der Waals surface area (Å²) in [4.78, 5) is 16.6. The second-order valence-electron chi connectivity index (χ2n) is 6.93. The maximum Gasteiger partial charge on any atom is 0.416 e. The number of sulfonamides is 1. The van der Waals surface area contributed by atoms with Gasteiger partial charge in [-0.05, 0) is 36.8 Å². The lowest BCUT2D eigenvalue weighted by molar-refractivity contribution is -0.137. The van der Waals surface area contributed by atoms with Gasteiger partial charge in [-0.25, -0.2) is 8.42 Å². The molecule has 0 spiro atoms. The Bertz CT molecular complexity index is 1240. The average Bonchev–Trinajstić information content (AvgIpc) is 2.73. The number of alkyl halides is 3. The molecule has 0 saturated carbocycles. The van der Waals surface area contributed by atoms with E-state index in [4.69, 9.17) is 11.6 Å². The van der Waals surface area contributed by atoms with Crippen LogP contribution in [-0.2, 0) is 21.0 Å².